The monoisotopic (exact) mass is 295 g/mol. The standard InChI is InChI=1S/C15H25N3O3/c1-11(2)18(7-8-20-3)10-12-5-6-13(15(16)17-19)14(9-12)21-4/h5-6,9,11,19H,7-8,10H2,1-4H3,(H2,16,17). The summed E-state index contributed by atoms with van der Waals surface area (Å²) >= 11 is 0. The number of oxime groups is 1. The molecule has 0 aliphatic carbocycles. The number of amidine groups is 1. The van der Waals surface area contributed by atoms with Gasteiger partial charge in [0.15, 0.2) is 5.84 Å². The van der Waals surface area contributed by atoms with E-state index in [1.807, 2.05) is 12.1 Å². The second-order valence-corrected chi connectivity index (χ2v) is 5.08. The molecule has 0 saturated carbocycles. The van der Waals surface area contributed by atoms with Crippen LogP contribution in [0, 0.1) is 0 Å². The summed E-state index contributed by atoms with van der Waals surface area (Å²) in [6, 6.07) is 6.08. The van der Waals surface area contributed by atoms with Crippen molar-refractivity contribution in [1.82, 2.24) is 4.90 Å². The topological polar surface area (TPSA) is 80.3 Å². The van der Waals surface area contributed by atoms with Gasteiger partial charge in [0.25, 0.3) is 0 Å². The van der Waals surface area contributed by atoms with Crippen LogP contribution in [0.25, 0.3) is 0 Å². The normalized spacial score (nSPS) is 12.2. The van der Waals surface area contributed by atoms with Gasteiger partial charge in [-0.15, -0.1) is 0 Å². The van der Waals surface area contributed by atoms with Gasteiger partial charge in [0, 0.05) is 26.2 Å². The Morgan fingerprint density at radius 3 is 2.62 bits per heavy atom. The maximum absolute atomic E-state index is 8.78. The molecule has 0 spiro atoms. The smallest absolute Gasteiger partial charge is 0.173 e. The van der Waals surface area contributed by atoms with Crippen LogP contribution >= 0.6 is 0 Å². The van der Waals surface area contributed by atoms with Crippen molar-refractivity contribution in [3.8, 4) is 5.75 Å². The summed E-state index contributed by atoms with van der Waals surface area (Å²) in [5.41, 5.74) is 7.31. The molecule has 1 rings (SSSR count). The third-order valence-electron chi connectivity index (χ3n) is 3.35. The van der Waals surface area contributed by atoms with Crippen LogP contribution in [0.1, 0.15) is 25.0 Å². The Balaban J connectivity index is 2.93. The van der Waals surface area contributed by atoms with E-state index in [0.29, 0.717) is 24.0 Å². The summed E-state index contributed by atoms with van der Waals surface area (Å²) in [6.07, 6.45) is 0. The molecule has 118 valence electrons. The molecule has 0 aliphatic rings. The molecule has 1 aromatic rings. The van der Waals surface area contributed by atoms with E-state index in [4.69, 9.17) is 20.4 Å². The molecule has 6 nitrogen and oxygen atoms in total. The maximum Gasteiger partial charge on any atom is 0.173 e. The molecule has 0 radical (unpaired) electrons. The average Bonchev–Trinajstić information content (AvgIpc) is 2.50. The van der Waals surface area contributed by atoms with Gasteiger partial charge < -0.3 is 20.4 Å². The van der Waals surface area contributed by atoms with Gasteiger partial charge in [-0.25, -0.2) is 0 Å². The summed E-state index contributed by atoms with van der Waals surface area (Å²) in [7, 11) is 3.27. The quantitative estimate of drug-likeness (QED) is 0.330. The second-order valence-electron chi connectivity index (χ2n) is 5.08. The maximum atomic E-state index is 8.78. The fourth-order valence-electron chi connectivity index (χ4n) is 2.06. The van der Waals surface area contributed by atoms with Crippen LogP contribution in [-0.2, 0) is 11.3 Å². The van der Waals surface area contributed by atoms with Gasteiger partial charge in [-0.2, -0.15) is 0 Å². The molecular formula is C15H25N3O3. The zero-order valence-electron chi connectivity index (χ0n) is 13.2. The molecule has 0 aliphatic heterocycles. The second kappa shape index (κ2) is 8.49. The lowest BCUT2D eigenvalue weighted by molar-refractivity contribution is 0.125. The Bertz CT molecular complexity index is 475. The van der Waals surface area contributed by atoms with Crippen LogP contribution in [0.15, 0.2) is 23.4 Å². The molecule has 0 unspecified atom stereocenters. The Morgan fingerprint density at radius 1 is 1.38 bits per heavy atom. The van der Waals surface area contributed by atoms with E-state index in [2.05, 4.69) is 23.9 Å². The number of benzene rings is 1. The lowest BCUT2D eigenvalue weighted by atomic mass is 10.1. The van der Waals surface area contributed by atoms with E-state index in [9.17, 15) is 0 Å². The molecule has 1 aromatic carbocycles. The molecule has 0 atom stereocenters. The highest BCUT2D eigenvalue weighted by molar-refractivity contribution is 5.99. The SMILES string of the molecule is COCCN(Cc1ccc(/C(N)=N/O)c(OC)c1)C(C)C. The van der Waals surface area contributed by atoms with E-state index < -0.39 is 0 Å². The van der Waals surface area contributed by atoms with Gasteiger partial charge in [-0.3, -0.25) is 4.90 Å². The van der Waals surface area contributed by atoms with Gasteiger partial charge in [0.2, 0.25) is 0 Å². The van der Waals surface area contributed by atoms with Crippen LogP contribution in [0.4, 0.5) is 0 Å². The van der Waals surface area contributed by atoms with Crippen molar-refractivity contribution in [2.24, 2.45) is 10.9 Å². The third kappa shape index (κ3) is 4.91. The zero-order chi connectivity index (χ0) is 15.8. The molecule has 0 aromatic heterocycles. The first kappa shape index (κ1) is 17.3. The van der Waals surface area contributed by atoms with Crippen LogP contribution in [-0.4, -0.2) is 49.4 Å². The third-order valence-corrected chi connectivity index (χ3v) is 3.35. The van der Waals surface area contributed by atoms with Crippen LogP contribution < -0.4 is 10.5 Å². The van der Waals surface area contributed by atoms with Crippen molar-refractivity contribution in [1.29, 1.82) is 0 Å². The van der Waals surface area contributed by atoms with Gasteiger partial charge >= 0.3 is 0 Å². The van der Waals surface area contributed by atoms with Gasteiger partial charge in [-0.05, 0) is 31.5 Å². The highest BCUT2D eigenvalue weighted by Crippen LogP contribution is 2.21. The number of rotatable bonds is 8. The van der Waals surface area contributed by atoms with Gasteiger partial charge in [0.05, 0.1) is 19.3 Å². The minimum atomic E-state index is 0.0403. The first-order valence-corrected chi connectivity index (χ1v) is 6.91. The molecular weight excluding hydrogens is 270 g/mol. The predicted octanol–water partition coefficient (Wildman–Crippen LogP) is 1.65. The molecule has 0 fully saturated rings. The van der Waals surface area contributed by atoms with Crippen molar-refractivity contribution in [2.45, 2.75) is 26.4 Å². The van der Waals surface area contributed by atoms with Crippen LogP contribution in [0.2, 0.25) is 0 Å². The first-order valence-electron chi connectivity index (χ1n) is 6.91. The largest absolute Gasteiger partial charge is 0.496 e. The van der Waals surface area contributed by atoms with E-state index in [1.54, 1.807) is 20.3 Å². The fraction of sp³-hybridized carbons (Fsp3) is 0.533. The van der Waals surface area contributed by atoms with E-state index in [0.717, 1.165) is 18.7 Å². The van der Waals surface area contributed by atoms with Crippen molar-refractivity contribution in [3.63, 3.8) is 0 Å². The highest BCUT2D eigenvalue weighted by atomic mass is 16.5. The average molecular weight is 295 g/mol. The first-order chi connectivity index (χ1) is 10.0. The summed E-state index contributed by atoms with van der Waals surface area (Å²) < 4.78 is 10.5. The minimum Gasteiger partial charge on any atom is -0.496 e. The van der Waals surface area contributed by atoms with Gasteiger partial charge in [0.1, 0.15) is 5.75 Å². The van der Waals surface area contributed by atoms with Crippen molar-refractivity contribution in [2.75, 3.05) is 27.4 Å². The van der Waals surface area contributed by atoms with Gasteiger partial charge in [-0.1, -0.05) is 11.2 Å². The Labute approximate surface area is 126 Å². The van der Waals surface area contributed by atoms with Crippen LogP contribution in [0.5, 0.6) is 5.75 Å². The lowest BCUT2D eigenvalue weighted by Crippen LogP contribution is -2.33. The summed E-state index contributed by atoms with van der Waals surface area (Å²) in [4.78, 5) is 2.31. The summed E-state index contributed by atoms with van der Waals surface area (Å²) in [6.45, 7) is 6.64. The fourth-order valence-corrected chi connectivity index (χ4v) is 2.06. The highest BCUT2D eigenvalue weighted by Gasteiger charge is 2.13. The molecule has 3 N–H and O–H groups in total. The predicted molar refractivity (Wildman–Crippen MR) is 82.9 cm³/mol. The number of ether oxygens (including phenoxy) is 2. The number of hydrogen-bond donors (Lipinski definition) is 2. The summed E-state index contributed by atoms with van der Waals surface area (Å²) in [5, 5.41) is 11.8. The Morgan fingerprint density at radius 2 is 2.10 bits per heavy atom. The molecule has 0 bridgehead atoms. The minimum absolute atomic E-state index is 0.0403. The van der Waals surface area contributed by atoms with Crippen molar-refractivity contribution < 1.29 is 14.7 Å². The number of methoxy groups -OCH3 is 2. The Hall–Kier alpha value is -1.79. The molecule has 21 heavy (non-hydrogen) atoms. The van der Waals surface area contributed by atoms with Crippen molar-refractivity contribution >= 4 is 5.84 Å². The number of hydrogen-bond acceptors (Lipinski definition) is 5. The molecule has 0 saturated heterocycles. The van der Waals surface area contributed by atoms with E-state index in [1.165, 1.54) is 0 Å². The molecule has 0 heterocycles. The van der Waals surface area contributed by atoms with E-state index in [-0.39, 0.29) is 5.84 Å². The molecule has 6 heteroatoms. The van der Waals surface area contributed by atoms with Crippen molar-refractivity contribution in [3.05, 3.63) is 29.3 Å². The number of nitrogens with two attached hydrogens (primary N) is 1. The summed E-state index contributed by atoms with van der Waals surface area (Å²) in [5.74, 6) is 0.636. The molecule has 0 amide bonds. The zero-order valence-corrected chi connectivity index (χ0v) is 13.2. The van der Waals surface area contributed by atoms with Crippen LogP contribution in [0.3, 0.4) is 0 Å². The number of nitrogens with zero attached hydrogens (tertiary/aromatic N) is 2. The van der Waals surface area contributed by atoms with E-state index >= 15 is 0 Å². The Kier molecular flexibility index (Phi) is 6.98. The lowest BCUT2D eigenvalue weighted by Gasteiger charge is -2.26.